The lowest BCUT2D eigenvalue weighted by atomic mass is 9.97. The van der Waals surface area contributed by atoms with Gasteiger partial charge in [-0.3, -0.25) is 9.59 Å². The van der Waals surface area contributed by atoms with Crippen molar-refractivity contribution in [3.8, 4) is 11.5 Å². The first-order chi connectivity index (χ1) is 15.0. The quantitative estimate of drug-likeness (QED) is 0.659. The van der Waals surface area contributed by atoms with Crippen LogP contribution in [0.1, 0.15) is 32.3 Å². The van der Waals surface area contributed by atoms with E-state index in [2.05, 4.69) is 11.8 Å². The molecule has 6 heteroatoms. The molecule has 2 heterocycles. The van der Waals surface area contributed by atoms with Gasteiger partial charge in [0, 0.05) is 24.7 Å². The number of imide groups is 1. The molecule has 0 aliphatic carbocycles. The van der Waals surface area contributed by atoms with Gasteiger partial charge in [-0.05, 0) is 43.9 Å². The molecule has 2 amide bonds. The molecule has 1 saturated heterocycles. The fourth-order valence-electron chi connectivity index (χ4n) is 4.25. The molecule has 162 valence electrons. The van der Waals surface area contributed by atoms with E-state index in [9.17, 15) is 9.59 Å². The molecule has 0 N–H and O–H groups in total. The Bertz CT molecular complexity index is 1020. The Kier molecular flexibility index (Phi) is 5.98. The van der Waals surface area contributed by atoms with Gasteiger partial charge in [-0.2, -0.15) is 0 Å². The number of benzene rings is 2. The van der Waals surface area contributed by atoms with Gasteiger partial charge in [0.1, 0.15) is 17.2 Å². The molecule has 0 aromatic heterocycles. The highest BCUT2D eigenvalue weighted by atomic mass is 16.5. The van der Waals surface area contributed by atoms with E-state index in [1.54, 1.807) is 25.3 Å². The van der Waals surface area contributed by atoms with Crippen molar-refractivity contribution in [1.29, 1.82) is 0 Å². The van der Waals surface area contributed by atoms with E-state index in [1.807, 2.05) is 37.3 Å². The molecular weight excluding hydrogens is 392 g/mol. The summed E-state index contributed by atoms with van der Waals surface area (Å²) in [4.78, 5) is 30.7. The Morgan fingerprint density at radius 3 is 2.45 bits per heavy atom. The van der Waals surface area contributed by atoms with Gasteiger partial charge in [-0.25, -0.2) is 4.90 Å². The molecule has 2 aliphatic heterocycles. The Morgan fingerprint density at radius 1 is 1.00 bits per heavy atom. The number of likely N-dealkylation sites (tertiary alicyclic amines) is 1. The first-order valence-corrected chi connectivity index (χ1v) is 10.8. The van der Waals surface area contributed by atoms with Crippen molar-refractivity contribution in [3.05, 3.63) is 59.8 Å². The molecule has 6 nitrogen and oxygen atoms in total. The fourth-order valence-corrected chi connectivity index (χ4v) is 4.25. The van der Waals surface area contributed by atoms with Gasteiger partial charge in [-0.1, -0.05) is 31.2 Å². The van der Waals surface area contributed by atoms with Gasteiger partial charge in [0.15, 0.2) is 0 Å². The summed E-state index contributed by atoms with van der Waals surface area (Å²) < 4.78 is 11.1. The largest absolute Gasteiger partial charge is 0.496 e. The summed E-state index contributed by atoms with van der Waals surface area (Å²) >= 11 is 0. The molecule has 31 heavy (non-hydrogen) atoms. The highest BCUT2D eigenvalue weighted by Gasteiger charge is 2.43. The van der Waals surface area contributed by atoms with E-state index < -0.39 is 0 Å². The molecule has 2 aromatic rings. The van der Waals surface area contributed by atoms with Crippen LogP contribution in [0.3, 0.4) is 0 Å². The predicted molar refractivity (Wildman–Crippen MR) is 120 cm³/mol. The Balaban J connectivity index is 1.82. The molecule has 2 aromatic carbocycles. The van der Waals surface area contributed by atoms with Crippen LogP contribution in [0.4, 0.5) is 5.69 Å². The standard InChI is InChI=1S/C25H28N2O4/c1-4-31-19-9-7-8-18(16-19)27-24(28)22(20-10-5-6-11-21(20)30-3)23(25(27)29)26-14-12-17(2)13-15-26/h5-11,16-17H,4,12-15H2,1-3H3. The summed E-state index contributed by atoms with van der Waals surface area (Å²) in [6, 6.07) is 14.5. The zero-order chi connectivity index (χ0) is 22.0. The lowest BCUT2D eigenvalue weighted by Crippen LogP contribution is -2.38. The van der Waals surface area contributed by atoms with Crippen LogP contribution in [0.5, 0.6) is 11.5 Å². The van der Waals surface area contributed by atoms with Crippen molar-refractivity contribution in [2.45, 2.75) is 26.7 Å². The number of ether oxygens (including phenoxy) is 2. The Hall–Kier alpha value is -3.28. The lowest BCUT2D eigenvalue weighted by Gasteiger charge is -2.32. The molecule has 0 unspecified atom stereocenters. The fraction of sp³-hybridized carbons (Fsp3) is 0.360. The summed E-state index contributed by atoms with van der Waals surface area (Å²) in [5, 5.41) is 0. The maximum Gasteiger partial charge on any atom is 0.282 e. The van der Waals surface area contributed by atoms with Crippen molar-refractivity contribution in [3.63, 3.8) is 0 Å². The van der Waals surface area contributed by atoms with E-state index in [1.165, 1.54) is 4.90 Å². The SMILES string of the molecule is CCOc1cccc(N2C(=O)C(c3ccccc3OC)=C(N3CCC(C)CC3)C2=O)c1. The van der Waals surface area contributed by atoms with Gasteiger partial charge in [-0.15, -0.1) is 0 Å². The molecule has 4 rings (SSSR count). The molecule has 0 bridgehead atoms. The summed E-state index contributed by atoms with van der Waals surface area (Å²) in [6.45, 7) is 6.13. The number of para-hydroxylation sites is 1. The zero-order valence-electron chi connectivity index (χ0n) is 18.3. The van der Waals surface area contributed by atoms with Crippen molar-refractivity contribution >= 4 is 23.1 Å². The van der Waals surface area contributed by atoms with E-state index in [0.717, 1.165) is 25.9 Å². The summed E-state index contributed by atoms with van der Waals surface area (Å²) in [5.41, 5.74) is 2.01. The van der Waals surface area contributed by atoms with Gasteiger partial charge < -0.3 is 14.4 Å². The van der Waals surface area contributed by atoms with Gasteiger partial charge >= 0.3 is 0 Å². The Labute approximate surface area is 183 Å². The summed E-state index contributed by atoms with van der Waals surface area (Å²) in [6.07, 6.45) is 1.98. The van der Waals surface area contributed by atoms with Crippen LogP contribution in [-0.4, -0.2) is 43.5 Å². The minimum absolute atomic E-state index is 0.297. The summed E-state index contributed by atoms with van der Waals surface area (Å²) in [7, 11) is 1.58. The summed E-state index contributed by atoms with van der Waals surface area (Å²) in [5.74, 6) is 1.18. The molecule has 1 fully saturated rings. The van der Waals surface area contributed by atoms with Gasteiger partial charge in [0.05, 0.1) is 25.0 Å². The number of methoxy groups -OCH3 is 1. The van der Waals surface area contributed by atoms with Crippen LogP contribution >= 0.6 is 0 Å². The second-order valence-corrected chi connectivity index (χ2v) is 7.97. The van der Waals surface area contributed by atoms with Gasteiger partial charge in [0.25, 0.3) is 11.8 Å². The monoisotopic (exact) mass is 420 g/mol. The number of carbonyl (C=O) groups excluding carboxylic acids is 2. The van der Waals surface area contributed by atoms with Crippen LogP contribution in [0.25, 0.3) is 5.57 Å². The maximum absolute atomic E-state index is 13.7. The third kappa shape index (κ3) is 3.90. The molecule has 0 atom stereocenters. The lowest BCUT2D eigenvalue weighted by molar-refractivity contribution is -0.120. The van der Waals surface area contributed by atoms with E-state index in [0.29, 0.717) is 46.5 Å². The predicted octanol–water partition coefficient (Wildman–Crippen LogP) is 4.11. The number of rotatable bonds is 6. The number of anilines is 1. The highest BCUT2D eigenvalue weighted by molar-refractivity contribution is 6.45. The second kappa shape index (κ2) is 8.84. The number of carbonyl (C=O) groups is 2. The van der Waals surface area contributed by atoms with Crippen LogP contribution in [0.2, 0.25) is 0 Å². The number of hydrogen-bond acceptors (Lipinski definition) is 5. The number of piperidine rings is 1. The topological polar surface area (TPSA) is 59.1 Å². The minimum atomic E-state index is -0.336. The molecule has 2 aliphatic rings. The second-order valence-electron chi connectivity index (χ2n) is 7.97. The highest BCUT2D eigenvalue weighted by Crippen LogP contribution is 2.39. The third-order valence-electron chi connectivity index (χ3n) is 5.92. The average Bonchev–Trinajstić information content (AvgIpc) is 3.04. The van der Waals surface area contributed by atoms with Crippen LogP contribution in [0, 0.1) is 5.92 Å². The van der Waals surface area contributed by atoms with Crippen molar-refractivity contribution in [2.24, 2.45) is 5.92 Å². The Morgan fingerprint density at radius 2 is 1.74 bits per heavy atom. The van der Waals surface area contributed by atoms with E-state index in [4.69, 9.17) is 9.47 Å². The van der Waals surface area contributed by atoms with Crippen LogP contribution in [0.15, 0.2) is 54.2 Å². The normalized spacial score (nSPS) is 17.5. The molecule has 0 spiro atoms. The van der Waals surface area contributed by atoms with E-state index >= 15 is 0 Å². The molecule has 0 saturated carbocycles. The number of amides is 2. The van der Waals surface area contributed by atoms with E-state index in [-0.39, 0.29) is 11.8 Å². The van der Waals surface area contributed by atoms with Crippen LogP contribution < -0.4 is 14.4 Å². The number of hydrogen-bond donors (Lipinski definition) is 0. The van der Waals surface area contributed by atoms with Crippen molar-refractivity contribution in [1.82, 2.24) is 4.90 Å². The number of nitrogens with zero attached hydrogens (tertiary/aromatic N) is 2. The average molecular weight is 421 g/mol. The molecule has 0 radical (unpaired) electrons. The first-order valence-electron chi connectivity index (χ1n) is 10.8. The smallest absolute Gasteiger partial charge is 0.282 e. The van der Waals surface area contributed by atoms with Crippen LogP contribution in [-0.2, 0) is 9.59 Å². The zero-order valence-corrected chi connectivity index (χ0v) is 18.3. The van der Waals surface area contributed by atoms with Crippen molar-refractivity contribution < 1.29 is 19.1 Å². The third-order valence-corrected chi connectivity index (χ3v) is 5.92. The first kappa shape index (κ1) is 21.0. The maximum atomic E-state index is 13.7. The molecular formula is C25H28N2O4. The van der Waals surface area contributed by atoms with Gasteiger partial charge in [0.2, 0.25) is 0 Å². The minimum Gasteiger partial charge on any atom is -0.496 e. The van der Waals surface area contributed by atoms with Crippen molar-refractivity contribution in [2.75, 3.05) is 31.7 Å².